The van der Waals surface area contributed by atoms with Crippen LogP contribution in [0.25, 0.3) is 0 Å². The maximum Gasteiger partial charge on any atom is 0.339 e. The van der Waals surface area contributed by atoms with E-state index in [-0.39, 0.29) is 45.8 Å². The molecule has 0 radical (unpaired) electrons. The number of aromatic hydroxyl groups is 2. The van der Waals surface area contributed by atoms with Gasteiger partial charge in [0.1, 0.15) is 11.3 Å². The second-order valence-corrected chi connectivity index (χ2v) is 15.8. The fourth-order valence-corrected chi connectivity index (χ4v) is 10.3. The van der Waals surface area contributed by atoms with E-state index in [2.05, 4.69) is 31.9 Å². The van der Waals surface area contributed by atoms with Crippen LogP contribution in [0.4, 0.5) is 11.4 Å². The number of carbonyl (C=O) groups is 5. The number of anilines is 2. The Kier molecular flexibility index (Phi) is 8.74. The number of methoxy groups -OCH3 is 1. The maximum atomic E-state index is 15.5. The van der Waals surface area contributed by atoms with Gasteiger partial charge in [0, 0.05) is 21.5 Å². The summed E-state index contributed by atoms with van der Waals surface area (Å²) in [4.78, 5) is 72.9. The van der Waals surface area contributed by atoms with E-state index in [1.807, 2.05) is 12.1 Å². The molecule has 0 aromatic heterocycles. The first-order valence-corrected chi connectivity index (χ1v) is 18.9. The number of ether oxygens (including phenoxy) is 1. The van der Waals surface area contributed by atoms with Crippen LogP contribution in [-0.4, -0.2) is 52.0 Å². The zero-order valence-electron chi connectivity index (χ0n) is 28.2. The molecule has 54 heavy (non-hydrogen) atoms. The minimum atomic E-state index is -1.58. The number of allylic oxidation sites excluding steroid dienone is 2. The number of fused-ring (bicyclic) bond motifs is 4. The lowest BCUT2D eigenvalue weighted by Gasteiger charge is -2.51. The Morgan fingerprint density at radius 3 is 2.24 bits per heavy atom. The van der Waals surface area contributed by atoms with Crippen molar-refractivity contribution in [3.63, 3.8) is 0 Å². The van der Waals surface area contributed by atoms with Crippen molar-refractivity contribution in [3.05, 3.63) is 121 Å². The zero-order chi connectivity index (χ0) is 38.4. The number of benzene rings is 4. The minimum Gasteiger partial charge on any atom is -0.507 e. The monoisotopic (exact) mass is 874 g/mol. The average Bonchev–Trinajstić information content (AvgIpc) is 3.55. The number of rotatable bonds is 6. The average molecular weight is 877 g/mol. The molecule has 2 aliphatic carbocycles. The number of carboxylic acid groups (broad SMARTS) is 1. The lowest BCUT2D eigenvalue weighted by molar-refractivity contribution is -0.127. The van der Waals surface area contributed by atoms with Gasteiger partial charge in [-0.25, -0.2) is 14.6 Å². The standard InChI is InChI=1S/C40H29Br2ClN2O9/c1-54-29-17-26(32(41)33(42)34(29)47)31-22-12-13-24-30(37(50)44(35(24)48)21-10-11-23(38(51)52)28(46)15-21)25(22)16-27-36(49)45(20-9-5-8-19(43)14-20)39(53)40(27,31)18-6-3-2-4-7-18/h2-12,14-15,17,24-25,27,30-31,46-47H,13,16H2,1H3,(H,51,52). The Labute approximate surface area is 330 Å². The molecule has 2 aliphatic heterocycles. The summed E-state index contributed by atoms with van der Waals surface area (Å²) in [6, 6.07) is 20.6. The minimum absolute atomic E-state index is 0.0173. The molecular formula is C40H29Br2ClN2O9. The summed E-state index contributed by atoms with van der Waals surface area (Å²) in [6.45, 7) is 0. The summed E-state index contributed by atoms with van der Waals surface area (Å²) in [6.07, 6.45) is 2.04. The van der Waals surface area contributed by atoms with Gasteiger partial charge in [0.25, 0.3) is 0 Å². The number of hydrogen-bond donors (Lipinski definition) is 3. The van der Waals surface area contributed by atoms with E-state index in [1.54, 1.807) is 54.6 Å². The lowest BCUT2D eigenvalue weighted by Crippen LogP contribution is -2.53. The van der Waals surface area contributed by atoms with Crippen molar-refractivity contribution in [2.24, 2.45) is 23.7 Å². The van der Waals surface area contributed by atoms with Crippen molar-refractivity contribution < 1.29 is 44.0 Å². The number of carboxylic acids is 1. The van der Waals surface area contributed by atoms with Crippen molar-refractivity contribution in [1.82, 2.24) is 0 Å². The van der Waals surface area contributed by atoms with Crippen LogP contribution >= 0.6 is 43.5 Å². The molecule has 1 saturated carbocycles. The highest BCUT2D eigenvalue weighted by molar-refractivity contribution is 9.13. The number of halogens is 3. The fraction of sp³-hybridized carbons (Fsp3) is 0.225. The molecular weight excluding hydrogens is 848 g/mol. The van der Waals surface area contributed by atoms with E-state index >= 15 is 4.79 Å². The summed E-state index contributed by atoms with van der Waals surface area (Å²) >= 11 is 13.6. The molecule has 3 fully saturated rings. The van der Waals surface area contributed by atoms with Crippen LogP contribution < -0.4 is 14.5 Å². The number of nitrogens with zero attached hydrogens (tertiary/aromatic N) is 2. The van der Waals surface area contributed by atoms with E-state index in [9.17, 15) is 34.5 Å². The molecule has 3 N–H and O–H groups in total. The second-order valence-electron chi connectivity index (χ2n) is 13.8. The summed E-state index contributed by atoms with van der Waals surface area (Å²) in [7, 11) is 1.40. The van der Waals surface area contributed by atoms with Crippen molar-refractivity contribution >= 4 is 84.4 Å². The van der Waals surface area contributed by atoms with Crippen LogP contribution in [0.5, 0.6) is 17.2 Å². The Morgan fingerprint density at radius 1 is 0.852 bits per heavy atom. The van der Waals surface area contributed by atoms with E-state index in [4.69, 9.17) is 16.3 Å². The number of amides is 4. The number of phenols is 2. The quantitative estimate of drug-likeness (QED) is 0.133. The van der Waals surface area contributed by atoms with Gasteiger partial charge in [0.05, 0.1) is 46.1 Å². The van der Waals surface area contributed by atoms with E-state index in [0.717, 1.165) is 21.9 Å². The number of carbonyl (C=O) groups excluding carboxylic acids is 4. The molecule has 6 atom stereocenters. The number of phenolic OH excluding ortho intramolecular Hbond substituents is 1. The summed E-state index contributed by atoms with van der Waals surface area (Å²) < 4.78 is 6.23. The zero-order valence-corrected chi connectivity index (χ0v) is 32.1. The molecule has 14 heteroatoms. The maximum absolute atomic E-state index is 15.5. The molecule has 8 rings (SSSR count). The number of hydrogen-bond acceptors (Lipinski definition) is 8. The van der Waals surface area contributed by atoms with Gasteiger partial charge in [-0.3, -0.25) is 19.2 Å². The Bertz CT molecular complexity index is 2370. The van der Waals surface area contributed by atoms with Crippen LogP contribution in [0, 0.1) is 23.7 Å². The van der Waals surface area contributed by atoms with Crippen LogP contribution in [0.1, 0.15) is 40.2 Å². The summed E-state index contributed by atoms with van der Waals surface area (Å²) in [5, 5.41) is 31.3. The van der Waals surface area contributed by atoms with E-state index in [0.29, 0.717) is 26.2 Å². The Hall–Kier alpha value is -4.98. The highest BCUT2D eigenvalue weighted by Crippen LogP contribution is 2.66. The molecule has 0 spiro atoms. The van der Waals surface area contributed by atoms with E-state index in [1.165, 1.54) is 13.2 Å². The molecule has 4 amide bonds. The molecule has 0 bridgehead atoms. The molecule has 4 aromatic carbocycles. The van der Waals surface area contributed by atoms with Gasteiger partial charge in [-0.15, -0.1) is 0 Å². The van der Waals surface area contributed by atoms with Gasteiger partial charge in [-0.1, -0.05) is 59.6 Å². The number of imide groups is 2. The molecule has 274 valence electrons. The predicted octanol–water partition coefficient (Wildman–Crippen LogP) is 7.35. The van der Waals surface area contributed by atoms with Gasteiger partial charge in [0.2, 0.25) is 23.6 Å². The highest BCUT2D eigenvalue weighted by Gasteiger charge is 2.70. The predicted molar refractivity (Wildman–Crippen MR) is 204 cm³/mol. The van der Waals surface area contributed by atoms with Crippen molar-refractivity contribution in [3.8, 4) is 17.2 Å². The molecule has 6 unspecified atom stereocenters. The molecule has 4 aliphatic rings. The summed E-state index contributed by atoms with van der Waals surface area (Å²) in [5.74, 6) is -8.65. The van der Waals surface area contributed by atoms with Gasteiger partial charge < -0.3 is 20.1 Å². The normalized spacial score (nSPS) is 26.0. The number of aromatic carboxylic acids is 1. The van der Waals surface area contributed by atoms with Gasteiger partial charge >= 0.3 is 5.97 Å². The Morgan fingerprint density at radius 2 is 1.57 bits per heavy atom. The third kappa shape index (κ3) is 5.01. The van der Waals surface area contributed by atoms with Crippen LogP contribution in [0.2, 0.25) is 5.02 Å². The largest absolute Gasteiger partial charge is 0.507 e. The van der Waals surface area contributed by atoms with E-state index < -0.39 is 70.4 Å². The lowest BCUT2D eigenvalue weighted by atomic mass is 9.49. The van der Waals surface area contributed by atoms with Crippen LogP contribution in [0.15, 0.2) is 99.5 Å². The van der Waals surface area contributed by atoms with Gasteiger partial charge in [-0.2, -0.15) is 0 Å². The molecule has 2 saturated heterocycles. The van der Waals surface area contributed by atoms with Crippen molar-refractivity contribution in [2.45, 2.75) is 24.2 Å². The van der Waals surface area contributed by atoms with Crippen molar-refractivity contribution in [1.29, 1.82) is 0 Å². The van der Waals surface area contributed by atoms with Crippen LogP contribution in [-0.2, 0) is 24.6 Å². The third-order valence-electron chi connectivity index (χ3n) is 11.3. The van der Waals surface area contributed by atoms with Gasteiger partial charge in [0.15, 0.2) is 11.5 Å². The van der Waals surface area contributed by atoms with Crippen molar-refractivity contribution in [2.75, 3.05) is 16.9 Å². The topological polar surface area (TPSA) is 162 Å². The third-order valence-corrected chi connectivity index (χ3v) is 13.7. The Balaban J connectivity index is 1.37. The molecule has 11 nitrogen and oxygen atoms in total. The first-order chi connectivity index (χ1) is 25.8. The molecule has 2 heterocycles. The smallest absolute Gasteiger partial charge is 0.339 e. The fourth-order valence-electron chi connectivity index (χ4n) is 9.16. The first kappa shape index (κ1) is 36.0. The van der Waals surface area contributed by atoms with Crippen LogP contribution in [0.3, 0.4) is 0 Å². The molecule has 4 aromatic rings. The first-order valence-electron chi connectivity index (χ1n) is 16.9. The SMILES string of the molecule is COc1cc(C2C3=CCC4C(=O)N(c5ccc(C(=O)O)c(O)c5)C(=O)C4C3CC3C(=O)N(c4cccc(Cl)c4)C(=O)C32c2ccccc2)c(Br)c(Br)c1O. The highest BCUT2D eigenvalue weighted by atomic mass is 79.9. The second kappa shape index (κ2) is 13.1. The van der Waals surface area contributed by atoms with Gasteiger partial charge in [-0.05, 0) is 98.1 Å². The summed E-state index contributed by atoms with van der Waals surface area (Å²) in [5.41, 5.74) is 0.0504.